The fraction of sp³-hybridized carbons (Fsp3) is 0.889. The molecule has 0 aromatic heterocycles. The zero-order valence-corrected chi connectivity index (χ0v) is 8.74. The molecule has 0 aliphatic carbocycles. The normalized spacial score (nSPS) is 15.5. The van der Waals surface area contributed by atoms with Gasteiger partial charge in [0.25, 0.3) is 0 Å². The predicted molar refractivity (Wildman–Crippen MR) is 50.2 cm³/mol. The second-order valence-electron chi connectivity index (χ2n) is 3.41. The van der Waals surface area contributed by atoms with Gasteiger partial charge in [-0.15, -0.1) is 0 Å². The van der Waals surface area contributed by atoms with Gasteiger partial charge in [0.15, 0.2) is 0 Å². The van der Waals surface area contributed by atoms with Crippen molar-refractivity contribution in [3.63, 3.8) is 0 Å². The Labute approximate surface area is 79.4 Å². The fourth-order valence-corrected chi connectivity index (χ4v) is 0.667. The van der Waals surface area contributed by atoms with Crippen molar-refractivity contribution in [2.24, 2.45) is 11.7 Å². The van der Waals surface area contributed by atoms with E-state index >= 15 is 0 Å². The maximum absolute atomic E-state index is 10.9. The Morgan fingerprint density at radius 2 is 1.92 bits per heavy atom. The molecule has 0 aliphatic heterocycles. The highest BCUT2D eigenvalue weighted by atomic mass is 16.5. The number of methoxy groups -OCH3 is 1. The van der Waals surface area contributed by atoms with E-state index in [1.54, 1.807) is 0 Å². The van der Waals surface area contributed by atoms with Crippen molar-refractivity contribution in [3.8, 4) is 0 Å². The Kier molecular flexibility index (Phi) is 5.66. The summed E-state index contributed by atoms with van der Waals surface area (Å²) in [6.07, 6.45) is 0.107. The quantitative estimate of drug-likeness (QED) is 0.641. The molecular formula is C9H19NO3. The van der Waals surface area contributed by atoms with Gasteiger partial charge in [-0.25, -0.2) is 0 Å². The second kappa shape index (κ2) is 5.94. The highest BCUT2D eigenvalue weighted by Crippen LogP contribution is 2.05. The summed E-state index contributed by atoms with van der Waals surface area (Å²) in [7, 11) is 1.31. The smallest absolute Gasteiger partial charge is 0.325 e. The van der Waals surface area contributed by atoms with E-state index in [9.17, 15) is 4.79 Å². The van der Waals surface area contributed by atoms with Gasteiger partial charge in [-0.1, -0.05) is 13.8 Å². The number of carbonyl (C=O) groups is 1. The first kappa shape index (κ1) is 12.4. The molecular weight excluding hydrogens is 170 g/mol. The minimum Gasteiger partial charge on any atom is -0.468 e. The van der Waals surface area contributed by atoms with Crippen LogP contribution in [-0.4, -0.2) is 31.8 Å². The Hall–Kier alpha value is -0.610. The highest BCUT2D eigenvalue weighted by Gasteiger charge is 2.16. The van der Waals surface area contributed by atoms with Gasteiger partial charge in [0.2, 0.25) is 0 Å². The van der Waals surface area contributed by atoms with Crippen LogP contribution in [0.15, 0.2) is 0 Å². The standard InChI is InChI=1S/C9H19NO3/c1-6(2)7(3)13-5-8(10)9(11)12-4/h6-8H,5,10H2,1-4H3. The molecule has 4 nitrogen and oxygen atoms in total. The number of ether oxygens (including phenoxy) is 2. The first-order chi connectivity index (χ1) is 5.99. The lowest BCUT2D eigenvalue weighted by molar-refractivity contribution is -0.144. The summed E-state index contributed by atoms with van der Waals surface area (Å²) in [5.41, 5.74) is 5.48. The molecule has 0 spiro atoms. The molecule has 2 N–H and O–H groups in total. The molecule has 0 saturated heterocycles. The molecule has 2 atom stereocenters. The van der Waals surface area contributed by atoms with Crippen LogP contribution < -0.4 is 5.73 Å². The lowest BCUT2D eigenvalue weighted by Crippen LogP contribution is -2.37. The first-order valence-electron chi connectivity index (χ1n) is 4.44. The first-order valence-corrected chi connectivity index (χ1v) is 4.44. The summed E-state index contributed by atoms with van der Waals surface area (Å²) in [6.45, 7) is 6.27. The summed E-state index contributed by atoms with van der Waals surface area (Å²) < 4.78 is 9.82. The van der Waals surface area contributed by atoms with Crippen LogP contribution in [0.4, 0.5) is 0 Å². The van der Waals surface area contributed by atoms with Gasteiger partial charge in [-0.2, -0.15) is 0 Å². The molecule has 0 amide bonds. The molecule has 2 unspecified atom stereocenters. The lowest BCUT2D eigenvalue weighted by Gasteiger charge is -2.18. The van der Waals surface area contributed by atoms with E-state index in [0.29, 0.717) is 5.92 Å². The van der Waals surface area contributed by atoms with Gasteiger partial charge in [0.1, 0.15) is 6.04 Å². The van der Waals surface area contributed by atoms with Crippen molar-refractivity contribution < 1.29 is 14.3 Å². The molecule has 13 heavy (non-hydrogen) atoms. The fourth-order valence-electron chi connectivity index (χ4n) is 0.667. The third-order valence-corrected chi connectivity index (χ3v) is 1.98. The summed E-state index contributed by atoms with van der Waals surface area (Å²) in [6, 6.07) is -0.675. The van der Waals surface area contributed by atoms with Crippen LogP contribution in [0.5, 0.6) is 0 Å². The van der Waals surface area contributed by atoms with E-state index in [4.69, 9.17) is 10.5 Å². The number of esters is 1. The number of rotatable bonds is 5. The van der Waals surface area contributed by atoms with Crippen molar-refractivity contribution in [1.29, 1.82) is 0 Å². The Balaban J connectivity index is 3.69. The average Bonchev–Trinajstić information content (AvgIpc) is 2.11. The number of carbonyl (C=O) groups excluding carboxylic acids is 1. The molecule has 78 valence electrons. The van der Waals surface area contributed by atoms with Crippen molar-refractivity contribution in [2.75, 3.05) is 13.7 Å². The Bertz CT molecular complexity index is 159. The Morgan fingerprint density at radius 1 is 1.38 bits per heavy atom. The van der Waals surface area contributed by atoms with Gasteiger partial charge in [-0.3, -0.25) is 4.79 Å². The van der Waals surface area contributed by atoms with Gasteiger partial charge in [-0.05, 0) is 12.8 Å². The van der Waals surface area contributed by atoms with Crippen molar-refractivity contribution >= 4 is 5.97 Å². The van der Waals surface area contributed by atoms with Crippen LogP contribution in [0.2, 0.25) is 0 Å². The number of nitrogens with two attached hydrogens (primary N) is 1. The molecule has 0 radical (unpaired) electrons. The molecule has 0 bridgehead atoms. The van der Waals surface area contributed by atoms with Crippen LogP contribution in [0, 0.1) is 5.92 Å². The molecule has 0 fully saturated rings. The predicted octanol–water partition coefficient (Wildman–Crippen LogP) is 0.548. The average molecular weight is 189 g/mol. The summed E-state index contributed by atoms with van der Waals surface area (Å²) in [4.78, 5) is 10.9. The Morgan fingerprint density at radius 3 is 2.31 bits per heavy atom. The van der Waals surface area contributed by atoms with E-state index < -0.39 is 12.0 Å². The van der Waals surface area contributed by atoms with Crippen LogP contribution in [-0.2, 0) is 14.3 Å². The molecule has 0 aromatic carbocycles. The van der Waals surface area contributed by atoms with Crippen molar-refractivity contribution in [2.45, 2.75) is 32.9 Å². The van der Waals surface area contributed by atoms with Gasteiger partial charge in [0, 0.05) is 0 Å². The maximum Gasteiger partial charge on any atom is 0.325 e. The minimum atomic E-state index is -0.675. The summed E-state index contributed by atoms with van der Waals surface area (Å²) in [5, 5.41) is 0. The zero-order chi connectivity index (χ0) is 10.4. The molecule has 4 heteroatoms. The van der Waals surface area contributed by atoms with Gasteiger partial charge >= 0.3 is 5.97 Å². The van der Waals surface area contributed by atoms with E-state index in [1.807, 2.05) is 20.8 Å². The SMILES string of the molecule is COC(=O)C(N)COC(C)C(C)C. The second-order valence-corrected chi connectivity index (χ2v) is 3.41. The molecule has 0 aromatic rings. The molecule has 0 saturated carbocycles. The number of hydrogen-bond donors (Lipinski definition) is 1. The van der Waals surface area contributed by atoms with Crippen LogP contribution in [0.25, 0.3) is 0 Å². The summed E-state index contributed by atoms with van der Waals surface area (Å²) in [5.74, 6) is -0.0131. The van der Waals surface area contributed by atoms with Crippen molar-refractivity contribution in [3.05, 3.63) is 0 Å². The minimum absolute atomic E-state index is 0.107. The summed E-state index contributed by atoms with van der Waals surface area (Å²) >= 11 is 0. The third kappa shape index (κ3) is 4.85. The third-order valence-electron chi connectivity index (χ3n) is 1.98. The van der Waals surface area contributed by atoms with Crippen LogP contribution >= 0.6 is 0 Å². The van der Waals surface area contributed by atoms with Crippen LogP contribution in [0.1, 0.15) is 20.8 Å². The van der Waals surface area contributed by atoms with Crippen LogP contribution in [0.3, 0.4) is 0 Å². The van der Waals surface area contributed by atoms with E-state index in [1.165, 1.54) is 7.11 Å². The topological polar surface area (TPSA) is 61.5 Å². The number of hydrogen-bond acceptors (Lipinski definition) is 4. The van der Waals surface area contributed by atoms with E-state index in [2.05, 4.69) is 4.74 Å². The van der Waals surface area contributed by atoms with Gasteiger partial charge < -0.3 is 15.2 Å². The van der Waals surface area contributed by atoms with Gasteiger partial charge in [0.05, 0.1) is 19.8 Å². The van der Waals surface area contributed by atoms with Crippen molar-refractivity contribution in [1.82, 2.24) is 0 Å². The van der Waals surface area contributed by atoms with E-state index in [0.717, 1.165) is 0 Å². The zero-order valence-electron chi connectivity index (χ0n) is 8.74. The monoisotopic (exact) mass is 189 g/mol. The largest absolute Gasteiger partial charge is 0.468 e. The molecule has 0 heterocycles. The molecule has 0 aliphatic rings. The lowest BCUT2D eigenvalue weighted by atomic mass is 10.1. The maximum atomic E-state index is 10.9. The highest BCUT2D eigenvalue weighted by molar-refractivity contribution is 5.75. The molecule has 0 rings (SSSR count). The van der Waals surface area contributed by atoms with E-state index in [-0.39, 0.29) is 12.7 Å².